The Morgan fingerprint density at radius 1 is 1.10 bits per heavy atom. The quantitative estimate of drug-likeness (QED) is 0.654. The molecule has 0 bridgehead atoms. The molecule has 0 saturated heterocycles. The summed E-state index contributed by atoms with van der Waals surface area (Å²) in [6, 6.07) is 11.0. The fraction of sp³-hybridized carbons (Fsp3) is 0.529. The number of hydrazine groups is 1. The zero-order valence-electron chi connectivity index (χ0n) is 12.0. The van der Waals surface area contributed by atoms with Gasteiger partial charge < -0.3 is 4.74 Å². The summed E-state index contributed by atoms with van der Waals surface area (Å²) in [5, 5.41) is 0. The first kappa shape index (κ1) is 13.7. The van der Waals surface area contributed by atoms with Gasteiger partial charge in [0.2, 0.25) is 0 Å². The number of nitrogens with two attached hydrogens (primary N) is 1. The number of hydrogen-bond acceptors (Lipinski definition) is 3. The topological polar surface area (TPSA) is 47.3 Å². The van der Waals surface area contributed by atoms with Crippen molar-refractivity contribution in [2.24, 2.45) is 5.84 Å². The van der Waals surface area contributed by atoms with Gasteiger partial charge >= 0.3 is 0 Å². The zero-order chi connectivity index (χ0) is 13.8. The summed E-state index contributed by atoms with van der Waals surface area (Å²) in [4.78, 5) is 0. The summed E-state index contributed by atoms with van der Waals surface area (Å²) in [5.41, 5.74) is 5.97. The summed E-state index contributed by atoms with van der Waals surface area (Å²) in [6.45, 7) is 0.832. The van der Waals surface area contributed by atoms with Crippen LogP contribution < -0.4 is 11.3 Å². The minimum Gasteiger partial charge on any atom is -0.501 e. The van der Waals surface area contributed by atoms with E-state index in [1.807, 2.05) is 6.26 Å². The molecule has 3 N–H and O–H groups in total. The van der Waals surface area contributed by atoms with Gasteiger partial charge in [0.15, 0.2) is 0 Å². The Bertz CT molecular complexity index is 463. The fourth-order valence-electron chi connectivity index (χ4n) is 3.94. The van der Waals surface area contributed by atoms with Crippen LogP contribution in [0.4, 0.5) is 0 Å². The van der Waals surface area contributed by atoms with E-state index < -0.39 is 0 Å². The maximum Gasteiger partial charge on any atom is 0.0876 e. The van der Waals surface area contributed by atoms with Crippen LogP contribution in [-0.4, -0.2) is 12.6 Å². The lowest BCUT2D eigenvalue weighted by molar-refractivity contribution is 0.208. The van der Waals surface area contributed by atoms with Crippen molar-refractivity contribution < 1.29 is 4.74 Å². The standard InChI is InChI=1S/C17H24N2O/c18-19-16(14-7-6-12-20-13-14)17(10-4-5-11-17)15-8-2-1-3-9-15/h1-3,8-9,13,16,19H,4-7,10-12,18H2. The van der Waals surface area contributed by atoms with Crippen LogP contribution in [0.3, 0.4) is 0 Å². The Morgan fingerprint density at radius 2 is 1.85 bits per heavy atom. The second-order valence-corrected chi connectivity index (χ2v) is 6.00. The van der Waals surface area contributed by atoms with Crippen LogP contribution >= 0.6 is 0 Å². The highest BCUT2D eigenvalue weighted by molar-refractivity contribution is 5.34. The van der Waals surface area contributed by atoms with Gasteiger partial charge in [0.05, 0.1) is 18.9 Å². The van der Waals surface area contributed by atoms with Crippen molar-refractivity contribution in [3.8, 4) is 0 Å². The average Bonchev–Trinajstić information content (AvgIpc) is 3.01. The molecular weight excluding hydrogens is 248 g/mol. The van der Waals surface area contributed by atoms with Crippen LogP contribution in [0.25, 0.3) is 0 Å². The van der Waals surface area contributed by atoms with Crippen LogP contribution in [0.2, 0.25) is 0 Å². The molecule has 0 aromatic heterocycles. The summed E-state index contributed by atoms with van der Waals surface area (Å²) >= 11 is 0. The maximum atomic E-state index is 5.96. The lowest BCUT2D eigenvalue weighted by atomic mass is 9.70. The summed E-state index contributed by atoms with van der Waals surface area (Å²) in [5.74, 6) is 5.96. The Kier molecular flexibility index (Phi) is 4.08. The van der Waals surface area contributed by atoms with E-state index in [2.05, 4.69) is 35.8 Å². The maximum absolute atomic E-state index is 5.96. The molecule has 3 rings (SSSR count). The minimum atomic E-state index is 0.128. The fourth-order valence-corrected chi connectivity index (χ4v) is 3.94. The van der Waals surface area contributed by atoms with Crippen molar-refractivity contribution in [2.45, 2.75) is 50.0 Å². The second-order valence-electron chi connectivity index (χ2n) is 6.00. The van der Waals surface area contributed by atoms with Crippen molar-refractivity contribution in [3.63, 3.8) is 0 Å². The molecule has 3 nitrogen and oxygen atoms in total. The summed E-state index contributed by atoms with van der Waals surface area (Å²) in [7, 11) is 0. The van der Waals surface area contributed by atoms with Crippen LogP contribution in [0, 0.1) is 0 Å². The van der Waals surface area contributed by atoms with Gasteiger partial charge in [-0.05, 0) is 36.8 Å². The second kappa shape index (κ2) is 5.98. The first-order chi connectivity index (χ1) is 9.87. The molecule has 1 aliphatic carbocycles. The van der Waals surface area contributed by atoms with Crippen molar-refractivity contribution in [3.05, 3.63) is 47.7 Å². The minimum absolute atomic E-state index is 0.128. The predicted octanol–water partition coefficient (Wildman–Crippen LogP) is 3.02. The molecule has 1 fully saturated rings. The zero-order valence-corrected chi connectivity index (χ0v) is 12.0. The highest BCUT2D eigenvalue weighted by Gasteiger charge is 2.44. The Morgan fingerprint density at radius 3 is 2.45 bits per heavy atom. The van der Waals surface area contributed by atoms with Gasteiger partial charge in [-0.3, -0.25) is 11.3 Å². The van der Waals surface area contributed by atoms with Gasteiger partial charge in [-0.25, -0.2) is 0 Å². The van der Waals surface area contributed by atoms with E-state index in [0.29, 0.717) is 0 Å². The van der Waals surface area contributed by atoms with Crippen molar-refractivity contribution >= 4 is 0 Å². The predicted molar refractivity (Wildman–Crippen MR) is 81.0 cm³/mol. The number of hydrogen-bond donors (Lipinski definition) is 2. The smallest absolute Gasteiger partial charge is 0.0876 e. The number of nitrogens with one attached hydrogen (secondary N) is 1. The van der Waals surface area contributed by atoms with E-state index >= 15 is 0 Å². The molecule has 1 atom stereocenters. The van der Waals surface area contributed by atoms with Gasteiger partial charge in [-0.1, -0.05) is 43.2 Å². The first-order valence-corrected chi connectivity index (χ1v) is 7.69. The molecule has 20 heavy (non-hydrogen) atoms. The van der Waals surface area contributed by atoms with E-state index in [4.69, 9.17) is 10.6 Å². The van der Waals surface area contributed by atoms with Crippen LogP contribution in [-0.2, 0) is 10.2 Å². The molecule has 2 aliphatic rings. The average molecular weight is 272 g/mol. The van der Waals surface area contributed by atoms with E-state index in [1.165, 1.54) is 36.8 Å². The molecule has 0 amide bonds. The van der Waals surface area contributed by atoms with Gasteiger partial charge in [-0.15, -0.1) is 0 Å². The molecule has 0 radical (unpaired) electrons. The molecule has 108 valence electrons. The van der Waals surface area contributed by atoms with Gasteiger partial charge in [0.25, 0.3) is 0 Å². The van der Waals surface area contributed by atoms with Gasteiger partial charge in [-0.2, -0.15) is 0 Å². The number of rotatable bonds is 4. The normalized spacial score (nSPS) is 22.9. The van der Waals surface area contributed by atoms with Crippen molar-refractivity contribution in [1.82, 2.24) is 5.43 Å². The Labute approximate surface area is 121 Å². The third kappa shape index (κ3) is 2.36. The van der Waals surface area contributed by atoms with E-state index in [-0.39, 0.29) is 11.5 Å². The molecule has 1 aromatic carbocycles. The molecule has 1 aliphatic heterocycles. The van der Waals surface area contributed by atoms with Gasteiger partial charge in [0.1, 0.15) is 0 Å². The molecule has 0 spiro atoms. The van der Waals surface area contributed by atoms with Crippen molar-refractivity contribution in [1.29, 1.82) is 0 Å². The highest BCUT2D eigenvalue weighted by atomic mass is 16.5. The molecule has 1 saturated carbocycles. The highest BCUT2D eigenvalue weighted by Crippen LogP contribution is 2.46. The molecule has 1 aromatic rings. The number of ether oxygens (including phenoxy) is 1. The monoisotopic (exact) mass is 272 g/mol. The lowest BCUT2D eigenvalue weighted by Crippen LogP contribution is -2.51. The van der Waals surface area contributed by atoms with Crippen LogP contribution in [0.1, 0.15) is 44.1 Å². The molecular formula is C17H24N2O. The summed E-state index contributed by atoms with van der Waals surface area (Å²) < 4.78 is 5.55. The van der Waals surface area contributed by atoms with E-state index in [9.17, 15) is 0 Å². The summed E-state index contributed by atoms with van der Waals surface area (Å²) in [6.07, 6.45) is 9.07. The number of benzene rings is 1. The molecule has 1 unspecified atom stereocenters. The third-order valence-electron chi connectivity index (χ3n) is 4.90. The van der Waals surface area contributed by atoms with E-state index in [1.54, 1.807) is 0 Å². The van der Waals surface area contributed by atoms with Crippen LogP contribution in [0.5, 0.6) is 0 Å². The Hall–Kier alpha value is -1.32. The molecule has 3 heteroatoms. The largest absolute Gasteiger partial charge is 0.501 e. The SMILES string of the molecule is NNC(C1=COCCC1)C1(c2ccccc2)CCCC1. The van der Waals surface area contributed by atoms with Crippen molar-refractivity contribution in [2.75, 3.05) is 6.61 Å². The first-order valence-electron chi connectivity index (χ1n) is 7.69. The van der Waals surface area contributed by atoms with E-state index in [0.717, 1.165) is 19.4 Å². The van der Waals surface area contributed by atoms with Crippen LogP contribution in [0.15, 0.2) is 42.2 Å². The Balaban J connectivity index is 1.98. The lowest BCUT2D eigenvalue weighted by Gasteiger charge is -2.40. The third-order valence-corrected chi connectivity index (χ3v) is 4.90. The molecule has 1 heterocycles. The van der Waals surface area contributed by atoms with Gasteiger partial charge in [0, 0.05) is 5.41 Å².